The van der Waals surface area contributed by atoms with Gasteiger partial charge in [0.2, 0.25) is 0 Å². The summed E-state index contributed by atoms with van der Waals surface area (Å²) in [4.78, 5) is 21.4. The van der Waals surface area contributed by atoms with Crippen LogP contribution in [-0.4, -0.2) is 35.9 Å². The number of carbonyl (C=O) groups is 2. The number of ether oxygens (including phenoxy) is 1. The Morgan fingerprint density at radius 1 is 1.29 bits per heavy atom. The molecule has 2 amide bonds. The van der Waals surface area contributed by atoms with Crippen LogP contribution in [0.5, 0.6) is 5.75 Å². The number of rotatable bonds is 6. The SMILES string of the molecule is C[C@@H](CNC(=O)O)Oc1ccc(F)cc1[C@@H](C)NC(=O)C(F)(F)F. The molecule has 1 aromatic carbocycles. The zero-order valence-electron chi connectivity index (χ0n) is 12.8. The van der Waals surface area contributed by atoms with E-state index in [2.05, 4.69) is 5.32 Å². The fraction of sp³-hybridized carbons (Fsp3) is 0.429. The van der Waals surface area contributed by atoms with Gasteiger partial charge in [-0.05, 0) is 32.0 Å². The third-order valence-electron chi connectivity index (χ3n) is 2.91. The maximum atomic E-state index is 13.4. The normalized spacial score (nSPS) is 13.8. The zero-order valence-corrected chi connectivity index (χ0v) is 12.8. The summed E-state index contributed by atoms with van der Waals surface area (Å²) in [6.45, 7) is 2.67. The minimum Gasteiger partial charge on any atom is -0.489 e. The molecule has 0 saturated carbocycles. The van der Waals surface area contributed by atoms with Gasteiger partial charge in [-0.25, -0.2) is 9.18 Å². The molecule has 0 aromatic heterocycles. The quantitative estimate of drug-likeness (QED) is 0.687. The summed E-state index contributed by atoms with van der Waals surface area (Å²) < 4.78 is 55.7. The molecule has 134 valence electrons. The highest BCUT2D eigenvalue weighted by Gasteiger charge is 2.39. The molecule has 1 aromatic rings. The average molecular weight is 352 g/mol. The van der Waals surface area contributed by atoms with Crippen LogP contribution in [0.1, 0.15) is 25.5 Å². The second-order valence-corrected chi connectivity index (χ2v) is 4.99. The van der Waals surface area contributed by atoms with Crippen molar-refractivity contribution in [2.24, 2.45) is 0 Å². The number of carbonyl (C=O) groups excluding carboxylic acids is 1. The third-order valence-corrected chi connectivity index (χ3v) is 2.91. The lowest BCUT2D eigenvalue weighted by Crippen LogP contribution is -2.38. The molecule has 0 radical (unpaired) electrons. The molecule has 0 aliphatic carbocycles. The number of nitrogens with one attached hydrogen (secondary N) is 2. The van der Waals surface area contributed by atoms with Crippen LogP contribution in [0.15, 0.2) is 18.2 Å². The summed E-state index contributed by atoms with van der Waals surface area (Å²) in [5.74, 6) is -2.85. The molecule has 0 saturated heterocycles. The van der Waals surface area contributed by atoms with Gasteiger partial charge in [-0.2, -0.15) is 13.2 Å². The molecule has 6 nitrogen and oxygen atoms in total. The minimum absolute atomic E-state index is 0.00484. The second-order valence-electron chi connectivity index (χ2n) is 4.99. The van der Waals surface area contributed by atoms with Gasteiger partial charge in [-0.3, -0.25) is 4.79 Å². The number of carboxylic acid groups (broad SMARTS) is 1. The lowest BCUT2D eigenvalue weighted by Gasteiger charge is -2.21. The fourth-order valence-electron chi connectivity index (χ4n) is 1.81. The van der Waals surface area contributed by atoms with E-state index in [0.717, 1.165) is 12.1 Å². The van der Waals surface area contributed by atoms with Crippen LogP contribution >= 0.6 is 0 Å². The number of benzene rings is 1. The Hall–Kier alpha value is -2.52. The maximum absolute atomic E-state index is 13.4. The molecule has 0 bridgehead atoms. The number of hydrogen-bond acceptors (Lipinski definition) is 3. The van der Waals surface area contributed by atoms with Crippen molar-refractivity contribution in [3.8, 4) is 5.75 Å². The van der Waals surface area contributed by atoms with Crippen LogP contribution in [-0.2, 0) is 4.79 Å². The Morgan fingerprint density at radius 3 is 2.46 bits per heavy atom. The first kappa shape index (κ1) is 19.5. The Balaban J connectivity index is 2.91. The smallest absolute Gasteiger partial charge is 0.471 e. The van der Waals surface area contributed by atoms with Gasteiger partial charge >= 0.3 is 18.2 Å². The van der Waals surface area contributed by atoms with Crippen molar-refractivity contribution in [2.45, 2.75) is 32.2 Å². The monoisotopic (exact) mass is 352 g/mol. The highest BCUT2D eigenvalue weighted by molar-refractivity contribution is 5.82. The van der Waals surface area contributed by atoms with Gasteiger partial charge in [0.15, 0.2) is 0 Å². The summed E-state index contributed by atoms with van der Waals surface area (Å²) in [6.07, 6.45) is -7.01. The van der Waals surface area contributed by atoms with Gasteiger partial charge < -0.3 is 20.5 Å². The van der Waals surface area contributed by atoms with E-state index in [0.29, 0.717) is 0 Å². The van der Waals surface area contributed by atoms with Crippen molar-refractivity contribution < 1.29 is 37.0 Å². The lowest BCUT2D eigenvalue weighted by molar-refractivity contribution is -0.174. The third kappa shape index (κ3) is 5.94. The summed E-state index contributed by atoms with van der Waals surface area (Å²) in [5.41, 5.74) is -0.00484. The largest absolute Gasteiger partial charge is 0.489 e. The first-order valence-electron chi connectivity index (χ1n) is 6.81. The van der Waals surface area contributed by atoms with E-state index in [4.69, 9.17) is 9.84 Å². The van der Waals surface area contributed by atoms with E-state index in [-0.39, 0.29) is 17.9 Å². The topological polar surface area (TPSA) is 87.7 Å². The summed E-state index contributed by atoms with van der Waals surface area (Å²) in [6, 6.07) is 1.99. The van der Waals surface area contributed by atoms with Crippen LogP contribution < -0.4 is 15.4 Å². The van der Waals surface area contributed by atoms with Crippen molar-refractivity contribution in [3.05, 3.63) is 29.6 Å². The Bertz CT molecular complexity index is 607. The molecule has 1 rings (SSSR count). The van der Waals surface area contributed by atoms with Gasteiger partial charge in [0.1, 0.15) is 17.7 Å². The molecule has 10 heteroatoms. The number of amides is 2. The van der Waals surface area contributed by atoms with E-state index in [9.17, 15) is 27.2 Å². The summed E-state index contributed by atoms with van der Waals surface area (Å²) in [5, 5.41) is 12.3. The molecular formula is C14H16F4N2O4. The maximum Gasteiger partial charge on any atom is 0.471 e. The van der Waals surface area contributed by atoms with Crippen molar-refractivity contribution in [2.75, 3.05) is 6.54 Å². The number of alkyl halides is 3. The second kappa shape index (κ2) is 7.84. The van der Waals surface area contributed by atoms with Crippen LogP contribution in [0.2, 0.25) is 0 Å². The molecule has 0 fully saturated rings. The van der Waals surface area contributed by atoms with Crippen LogP contribution in [0, 0.1) is 5.82 Å². The van der Waals surface area contributed by atoms with Gasteiger partial charge in [0.25, 0.3) is 0 Å². The van der Waals surface area contributed by atoms with Gasteiger partial charge in [0.05, 0.1) is 12.6 Å². The summed E-state index contributed by atoms with van der Waals surface area (Å²) in [7, 11) is 0. The molecule has 0 heterocycles. The van der Waals surface area contributed by atoms with Crippen molar-refractivity contribution in [1.29, 1.82) is 0 Å². The predicted octanol–water partition coefficient (Wildman–Crippen LogP) is 2.60. The van der Waals surface area contributed by atoms with Crippen LogP contribution in [0.4, 0.5) is 22.4 Å². The Kier molecular flexibility index (Phi) is 6.38. The first-order valence-corrected chi connectivity index (χ1v) is 6.81. The minimum atomic E-state index is -5.07. The van der Waals surface area contributed by atoms with E-state index in [1.807, 2.05) is 0 Å². The summed E-state index contributed by atoms with van der Waals surface area (Å²) >= 11 is 0. The molecule has 2 atom stereocenters. The lowest BCUT2D eigenvalue weighted by atomic mass is 10.1. The molecule has 0 aliphatic heterocycles. The van der Waals surface area contributed by atoms with Gasteiger partial charge in [-0.15, -0.1) is 0 Å². The van der Waals surface area contributed by atoms with Gasteiger partial charge in [0, 0.05) is 5.56 Å². The molecule has 24 heavy (non-hydrogen) atoms. The van der Waals surface area contributed by atoms with Crippen LogP contribution in [0.3, 0.4) is 0 Å². The predicted molar refractivity (Wildman–Crippen MR) is 75.1 cm³/mol. The highest BCUT2D eigenvalue weighted by Crippen LogP contribution is 2.28. The molecule has 0 spiro atoms. The zero-order chi connectivity index (χ0) is 18.5. The van der Waals surface area contributed by atoms with Crippen LogP contribution in [0.25, 0.3) is 0 Å². The van der Waals surface area contributed by atoms with E-state index >= 15 is 0 Å². The fourth-order valence-corrected chi connectivity index (χ4v) is 1.81. The molecular weight excluding hydrogens is 336 g/mol. The number of hydrogen-bond donors (Lipinski definition) is 3. The van der Waals surface area contributed by atoms with Crippen molar-refractivity contribution in [3.63, 3.8) is 0 Å². The Labute approximate surface area is 134 Å². The van der Waals surface area contributed by atoms with E-state index < -0.39 is 36.1 Å². The van der Waals surface area contributed by atoms with E-state index in [1.54, 1.807) is 5.32 Å². The van der Waals surface area contributed by atoms with Gasteiger partial charge in [-0.1, -0.05) is 0 Å². The Morgan fingerprint density at radius 2 is 1.92 bits per heavy atom. The first-order chi connectivity index (χ1) is 11.0. The molecule has 0 unspecified atom stereocenters. The molecule has 0 aliphatic rings. The van der Waals surface area contributed by atoms with Crippen molar-refractivity contribution >= 4 is 12.0 Å². The highest BCUT2D eigenvalue weighted by atomic mass is 19.4. The number of halogens is 4. The average Bonchev–Trinajstić information content (AvgIpc) is 2.45. The standard InChI is InChI=1S/C14H16F4N2O4/c1-7(6-19-13(22)23)24-11-4-3-9(15)5-10(11)8(2)20-12(21)14(16,17)18/h3-5,7-8,19H,6H2,1-2H3,(H,20,21)(H,22,23)/t7-,8+/m0/s1. The molecule has 3 N–H and O–H groups in total. The van der Waals surface area contributed by atoms with Crippen molar-refractivity contribution in [1.82, 2.24) is 10.6 Å². The van der Waals surface area contributed by atoms with E-state index in [1.165, 1.54) is 19.9 Å².